The van der Waals surface area contributed by atoms with Crippen LogP contribution in [0.15, 0.2) is 12.2 Å². The quantitative estimate of drug-likeness (QED) is 0.347. The van der Waals surface area contributed by atoms with E-state index >= 15 is 0 Å². The van der Waals surface area contributed by atoms with Gasteiger partial charge in [-0.25, -0.2) is 0 Å². The van der Waals surface area contributed by atoms with Crippen LogP contribution in [0, 0.1) is 0 Å². The second-order valence-corrected chi connectivity index (χ2v) is 3.73. The average Bonchev–Trinajstić information content (AvgIpc) is 2.26. The largest absolute Gasteiger partial charge is 0.462 e. The van der Waals surface area contributed by atoms with Crippen molar-refractivity contribution < 1.29 is 9.53 Å². The van der Waals surface area contributed by atoms with E-state index in [0.29, 0.717) is 6.42 Å². The maximum absolute atomic E-state index is 11.1. The van der Waals surface area contributed by atoms with Gasteiger partial charge in [-0.2, -0.15) is 0 Å². The SMILES string of the molecule is CC=CCCCCC(CC)OC(=O)CC. The number of unbranched alkanes of at least 4 members (excludes halogenated alkanes) is 2. The zero-order valence-corrected chi connectivity index (χ0v) is 10.3. The molecule has 0 aliphatic heterocycles. The Hall–Kier alpha value is -0.790. The molecule has 0 fully saturated rings. The lowest BCUT2D eigenvalue weighted by molar-refractivity contribution is -0.149. The van der Waals surface area contributed by atoms with Crippen molar-refractivity contribution >= 4 is 5.97 Å². The van der Waals surface area contributed by atoms with E-state index in [1.165, 1.54) is 6.42 Å². The molecule has 0 amide bonds. The third-order valence-corrected chi connectivity index (χ3v) is 2.42. The first kappa shape index (κ1) is 14.2. The summed E-state index contributed by atoms with van der Waals surface area (Å²) in [5.41, 5.74) is 0. The summed E-state index contributed by atoms with van der Waals surface area (Å²) in [5.74, 6) is -0.0738. The highest BCUT2D eigenvalue weighted by atomic mass is 16.5. The number of carbonyl (C=O) groups excluding carboxylic acids is 1. The Morgan fingerprint density at radius 1 is 1.33 bits per heavy atom. The lowest BCUT2D eigenvalue weighted by Gasteiger charge is -2.15. The molecule has 0 aromatic rings. The summed E-state index contributed by atoms with van der Waals surface area (Å²) in [5, 5.41) is 0. The van der Waals surface area contributed by atoms with E-state index in [2.05, 4.69) is 19.1 Å². The van der Waals surface area contributed by atoms with E-state index in [0.717, 1.165) is 25.7 Å². The van der Waals surface area contributed by atoms with Crippen molar-refractivity contribution in [2.75, 3.05) is 0 Å². The minimum atomic E-state index is -0.0738. The predicted octanol–water partition coefficient (Wildman–Crippen LogP) is 3.85. The molecule has 0 rings (SSSR count). The van der Waals surface area contributed by atoms with Gasteiger partial charge in [-0.1, -0.05) is 26.0 Å². The molecule has 2 nitrogen and oxygen atoms in total. The minimum absolute atomic E-state index is 0.0738. The monoisotopic (exact) mass is 212 g/mol. The van der Waals surface area contributed by atoms with Gasteiger partial charge in [0.15, 0.2) is 0 Å². The van der Waals surface area contributed by atoms with Gasteiger partial charge in [0.1, 0.15) is 6.10 Å². The number of hydrogen-bond donors (Lipinski definition) is 0. The Kier molecular flexibility index (Phi) is 9.24. The molecule has 0 bridgehead atoms. The Morgan fingerprint density at radius 2 is 2.07 bits per heavy atom. The van der Waals surface area contributed by atoms with Crippen LogP contribution in [0.2, 0.25) is 0 Å². The topological polar surface area (TPSA) is 26.3 Å². The Labute approximate surface area is 93.7 Å². The molecule has 0 aromatic heterocycles. The van der Waals surface area contributed by atoms with Crippen LogP contribution in [-0.2, 0) is 9.53 Å². The third kappa shape index (κ3) is 8.22. The number of esters is 1. The molecular formula is C13H24O2. The highest BCUT2D eigenvalue weighted by molar-refractivity contribution is 5.69. The summed E-state index contributed by atoms with van der Waals surface area (Å²) < 4.78 is 5.30. The molecule has 0 aliphatic carbocycles. The van der Waals surface area contributed by atoms with Crippen LogP contribution < -0.4 is 0 Å². The van der Waals surface area contributed by atoms with Crippen LogP contribution >= 0.6 is 0 Å². The van der Waals surface area contributed by atoms with Gasteiger partial charge in [-0.15, -0.1) is 0 Å². The molecule has 0 aromatic carbocycles. The number of allylic oxidation sites excluding steroid dienone is 2. The highest BCUT2D eigenvalue weighted by Gasteiger charge is 2.09. The van der Waals surface area contributed by atoms with Crippen LogP contribution in [-0.4, -0.2) is 12.1 Å². The Balaban J connectivity index is 3.56. The molecule has 0 saturated heterocycles. The maximum atomic E-state index is 11.1. The van der Waals surface area contributed by atoms with Crippen molar-refractivity contribution in [2.24, 2.45) is 0 Å². The van der Waals surface area contributed by atoms with E-state index < -0.39 is 0 Å². The van der Waals surface area contributed by atoms with Crippen molar-refractivity contribution in [1.82, 2.24) is 0 Å². The van der Waals surface area contributed by atoms with Crippen molar-refractivity contribution in [3.8, 4) is 0 Å². The van der Waals surface area contributed by atoms with E-state index in [-0.39, 0.29) is 12.1 Å². The summed E-state index contributed by atoms with van der Waals surface area (Å²) >= 11 is 0. The first-order valence-corrected chi connectivity index (χ1v) is 6.05. The number of rotatable bonds is 8. The van der Waals surface area contributed by atoms with E-state index in [9.17, 15) is 4.79 Å². The zero-order valence-electron chi connectivity index (χ0n) is 10.3. The van der Waals surface area contributed by atoms with E-state index in [1.807, 2.05) is 13.8 Å². The van der Waals surface area contributed by atoms with Gasteiger partial charge in [-0.3, -0.25) is 4.79 Å². The standard InChI is InChI=1S/C13H24O2/c1-4-7-8-9-10-11-12(5-2)15-13(14)6-3/h4,7,12H,5-6,8-11H2,1-3H3. The van der Waals surface area contributed by atoms with Crippen molar-refractivity contribution in [2.45, 2.75) is 65.4 Å². The summed E-state index contributed by atoms with van der Waals surface area (Å²) in [6.45, 7) is 5.94. The summed E-state index contributed by atoms with van der Waals surface area (Å²) in [4.78, 5) is 11.1. The second kappa shape index (κ2) is 9.75. The van der Waals surface area contributed by atoms with Gasteiger partial charge in [0, 0.05) is 6.42 Å². The second-order valence-electron chi connectivity index (χ2n) is 3.73. The molecule has 88 valence electrons. The maximum Gasteiger partial charge on any atom is 0.305 e. The molecule has 15 heavy (non-hydrogen) atoms. The summed E-state index contributed by atoms with van der Waals surface area (Å²) in [7, 11) is 0. The molecule has 0 saturated carbocycles. The number of hydrogen-bond acceptors (Lipinski definition) is 2. The predicted molar refractivity (Wildman–Crippen MR) is 63.7 cm³/mol. The average molecular weight is 212 g/mol. The molecule has 2 heteroatoms. The van der Waals surface area contributed by atoms with Gasteiger partial charge in [0.2, 0.25) is 0 Å². The normalized spacial score (nSPS) is 13.0. The van der Waals surface area contributed by atoms with Gasteiger partial charge in [0.05, 0.1) is 0 Å². The zero-order chi connectivity index (χ0) is 11.5. The van der Waals surface area contributed by atoms with Crippen LogP contribution in [0.5, 0.6) is 0 Å². The van der Waals surface area contributed by atoms with Crippen LogP contribution in [0.1, 0.15) is 59.3 Å². The van der Waals surface area contributed by atoms with Gasteiger partial charge in [0.25, 0.3) is 0 Å². The molecular weight excluding hydrogens is 188 g/mol. The number of carbonyl (C=O) groups is 1. The van der Waals surface area contributed by atoms with Gasteiger partial charge >= 0.3 is 5.97 Å². The summed E-state index contributed by atoms with van der Waals surface area (Å²) in [6, 6.07) is 0. The van der Waals surface area contributed by atoms with Gasteiger partial charge in [-0.05, 0) is 39.0 Å². The highest BCUT2D eigenvalue weighted by Crippen LogP contribution is 2.11. The molecule has 0 radical (unpaired) electrons. The molecule has 0 aliphatic rings. The fraction of sp³-hybridized carbons (Fsp3) is 0.769. The molecule has 0 N–H and O–H groups in total. The van der Waals surface area contributed by atoms with E-state index in [1.54, 1.807) is 0 Å². The lowest BCUT2D eigenvalue weighted by Crippen LogP contribution is -2.16. The first-order chi connectivity index (χ1) is 7.24. The fourth-order valence-corrected chi connectivity index (χ4v) is 1.42. The third-order valence-electron chi connectivity index (χ3n) is 2.42. The minimum Gasteiger partial charge on any atom is -0.462 e. The lowest BCUT2D eigenvalue weighted by atomic mass is 10.1. The molecule has 1 unspecified atom stereocenters. The Bertz CT molecular complexity index is 185. The van der Waals surface area contributed by atoms with Crippen molar-refractivity contribution in [3.63, 3.8) is 0 Å². The van der Waals surface area contributed by atoms with Crippen molar-refractivity contribution in [3.05, 3.63) is 12.2 Å². The molecule has 1 atom stereocenters. The smallest absolute Gasteiger partial charge is 0.305 e. The van der Waals surface area contributed by atoms with Crippen molar-refractivity contribution in [1.29, 1.82) is 0 Å². The van der Waals surface area contributed by atoms with E-state index in [4.69, 9.17) is 4.74 Å². The Morgan fingerprint density at radius 3 is 2.60 bits per heavy atom. The van der Waals surface area contributed by atoms with Gasteiger partial charge < -0.3 is 4.74 Å². The molecule has 0 spiro atoms. The fourth-order valence-electron chi connectivity index (χ4n) is 1.42. The number of ether oxygens (including phenoxy) is 1. The van der Waals surface area contributed by atoms with Crippen LogP contribution in [0.4, 0.5) is 0 Å². The van der Waals surface area contributed by atoms with Crippen LogP contribution in [0.3, 0.4) is 0 Å². The molecule has 0 heterocycles. The first-order valence-electron chi connectivity index (χ1n) is 6.05. The summed E-state index contributed by atoms with van der Waals surface area (Å²) in [6.07, 6.45) is 10.2. The van der Waals surface area contributed by atoms with Crippen LogP contribution in [0.25, 0.3) is 0 Å².